The van der Waals surface area contributed by atoms with Gasteiger partial charge in [-0.1, -0.05) is 6.07 Å². The molecule has 106 valence electrons. The Bertz CT molecular complexity index is 425. The Morgan fingerprint density at radius 2 is 2.16 bits per heavy atom. The van der Waals surface area contributed by atoms with E-state index in [-0.39, 0.29) is 18.8 Å². The Kier molecular flexibility index (Phi) is 5.52. The first kappa shape index (κ1) is 15.2. The van der Waals surface area contributed by atoms with E-state index in [0.717, 1.165) is 0 Å². The summed E-state index contributed by atoms with van der Waals surface area (Å²) in [5.74, 6) is 4.91. The molecule has 0 bridgehead atoms. The zero-order chi connectivity index (χ0) is 14.3. The Balaban J connectivity index is 2.31. The lowest BCUT2D eigenvalue weighted by molar-refractivity contribution is -0.173. The van der Waals surface area contributed by atoms with Crippen molar-refractivity contribution in [2.75, 3.05) is 25.2 Å². The molecule has 0 radical (unpaired) electrons. The van der Waals surface area contributed by atoms with E-state index in [2.05, 4.69) is 20.5 Å². The summed E-state index contributed by atoms with van der Waals surface area (Å²) in [6, 6.07) is 4.58. The van der Waals surface area contributed by atoms with E-state index >= 15 is 0 Å². The van der Waals surface area contributed by atoms with Crippen molar-refractivity contribution in [1.29, 1.82) is 0 Å². The number of rotatable bonds is 6. The van der Waals surface area contributed by atoms with Crippen LogP contribution in [0.4, 0.5) is 19.0 Å². The highest BCUT2D eigenvalue weighted by atomic mass is 19.4. The highest BCUT2D eigenvalue weighted by Crippen LogP contribution is 2.13. The highest BCUT2D eigenvalue weighted by molar-refractivity contribution is 5.92. The van der Waals surface area contributed by atoms with Gasteiger partial charge in [-0.15, -0.1) is 0 Å². The molecule has 0 aliphatic heterocycles. The number of halogens is 3. The van der Waals surface area contributed by atoms with E-state index in [0.29, 0.717) is 5.82 Å². The molecule has 1 rings (SSSR count). The first-order chi connectivity index (χ1) is 8.92. The van der Waals surface area contributed by atoms with Crippen LogP contribution in [0.25, 0.3) is 0 Å². The summed E-state index contributed by atoms with van der Waals surface area (Å²) in [7, 11) is 0. The number of hydrogen-bond donors (Lipinski definition) is 3. The molecule has 1 amide bonds. The molecule has 0 aliphatic rings. The molecular weight excluding hydrogens is 265 g/mol. The molecule has 0 atom stereocenters. The number of alkyl halides is 3. The van der Waals surface area contributed by atoms with Gasteiger partial charge in [0.25, 0.3) is 5.91 Å². The largest absolute Gasteiger partial charge is 0.411 e. The van der Waals surface area contributed by atoms with Gasteiger partial charge in [0.05, 0.1) is 6.61 Å². The standard InChI is InChI=1S/C10H13F3N4O2/c11-10(12,13)6-19-5-4-15-9(18)7-2-1-3-8(16-7)17-14/h1-3H,4-6,14H2,(H,15,18)(H,16,17). The molecule has 1 aromatic rings. The monoisotopic (exact) mass is 278 g/mol. The summed E-state index contributed by atoms with van der Waals surface area (Å²) in [4.78, 5) is 15.4. The fourth-order valence-corrected chi connectivity index (χ4v) is 1.16. The predicted molar refractivity (Wildman–Crippen MR) is 61.3 cm³/mol. The van der Waals surface area contributed by atoms with Crippen LogP contribution < -0.4 is 16.6 Å². The van der Waals surface area contributed by atoms with Gasteiger partial charge in [-0.05, 0) is 12.1 Å². The molecule has 0 saturated heterocycles. The summed E-state index contributed by atoms with van der Waals surface area (Å²) < 4.78 is 39.6. The van der Waals surface area contributed by atoms with E-state index in [1.54, 1.807) is 12.1 Å². The minimum Gasteiger partial charge on any atom is -0.370 e. The third-order valence-electron chi connectivity index (χ3n) is 1.93. The van der Waals surface area contributed by atoms with Crippen molar-refractivity contribution in [2.45, 2.75) is 6.18 Å². The van der Waals surface area contributed by atoms with Crippen LogP contribution in [0, 0.1) is 0 Å². The number of aromatic nitrogens is 1. The number of amides is 1. The van der Waals surface area contributed by atoms with Crippen molar-refractivity contribution >= 4 is 11.7 Å². The lowest BCUT2D eigenvalue weighted by atomic mass is 10.3. The van der Waals surface area contributed by atoms with Gasteiger partial charge in [-0.3, -0.25) is 4.79 Å². The number of nitrogens with zero attached hydrogens (tertiary/aromatic N) is 1. The number of anilines is 1. The lowest BCUT2D eigenvalue weighted by Crippen LogP contribution is -2.29. The van der Waals surface area contributed by atoms with Crippen LogP contribution in [0.3, 0.4) is 0 Å². The van der Waals surface area contributed by atoms with Crippen LogP contribution in [0.2, 0.25) is 0 Å². The van der Waals surface area contributed by atoms with Crippen molar-refractivity contribution < 1.29 is 22.7 Å². The molecule has 0 unspecified atom stereocenters. The second-order valence-corrected chi connectivity index (χ2v) is 3.48. The van der Waals surface area contributed by atoms with Gasteiger partial charge in [-0.2, -0.15) is 13.2 Å². The average Bonchev–Trinajstić information content (AvgIpc) is 2.37. The molecule has 4 N–H and O–H groups in total. The quantitative estimate of drug-likeness (QED) is 0.404. The molecular formula is C10H13F3N4O2. The summed E-state index contributed by atoms with van der Waals surface area (Å²) >= 11 is 0. The molecule has 0 spiro atoms. The molecule has 0 fully saturated rings. The van der Waals surface area contributed by atoms with E-state index in [9.17, 15) is 18.0 Å². The first-order valence-electron chi connectivity index (χ1n) is 5.29. The second-order valence-electron chi connectivity index (χ2n) is 3.48. The van der Waals surface area contributed by atoms with Crippen LogP contribution in [0.5, 0.6) is 0 Å². The molecule has 6 nitrogen and oxygen atoms in total. The first-order valence-corrected chi connectivity index (χ1v) is 5.29. The zero-order valence-corrected chi connectivity index (χ0v) is 9.83. The molecule has 1 heterocycles. The lowest BCUT2D eigenvalue weighted by Gasteiger charge is -2.08. The Morgan fingerprint density at radius 1 is 1.42 bits per heavy atom. The van der Waals surface area contributed by atoms with Crippen molar-refractivity contribution in [3.63, 3.8) is 0 Å². The second kappa shape index (κ2) is 6.90. The molecule has 0 saturated carbocycles. The zero-order valence-electron chi connectivity index (χ0n) is 9.83. The maximum atomic E-state index is 11.7. The van der Waals surface area contributed by atoms with Crippen molar-refractivity contribution in [2.24, 2.45) is 5.84 Å². The average molecular weight is 278 g/mol. The SMILES string of the molecule is NNc1cccc(C(=O)NCCOCC(F)(F)F)n1. The van der Waals surface area contributed by atoms with E-state index in [1.165, 1.54) is 6.07 Å². The van der Waals surface area contributed by atoms with E-state index in [4.69, 9.17) is 5.84 Å². The Hall–Kier alpha value is -1.87. The van der Waals surface area contributed by atoms with Gasteiger partial charge in [0.15, 0.2) is 0 Å². The molecule has 0 aromatic carbocycles. The van der Waals surface area contributed by atoms with Crippen molar-refractivity contribution in [1.82, 2.24) is 10.3 Å². The van der Waals surface area contributed by atoms with Crippen molar-refractivity contribution in [3.8, 4) is 0 Å². The van der Waals surface area contributed by atoms with Gasteiger partial charge in [-0.25, -0.2) is 10.8 Å². The number of hydrazine groups is 1. The number of hydrogen-bond acceptors (Lipinski definition) is 5. The molecule has 1 aromatic heterocycles. The highest BCUT2D eigenvalue weighted by Gasteiger charge is 2.27. The number of ether oxygens (including phenoxy) is 1. The number of carbonyl (C=O) groups is 1. The molecule has 9 heteroatoms. The van der Waals surface area contributed by atoms with Crippen LogP contribution in [0.1, 0.15) is 10.5 Å². The number of pyridine rings is 1. The third kappa shape index (κ3) is 6.02. The maximum Gasteiger partial charge on any atom is 0.411 e. The fraction of sp³-hybridized carbons (Fsp3) is 0.400. The van der Waals surface area contributed by atoms with Gasteiger partial charge < -0.3 is 15.5 Å². The van der Waals surface area contributed by atoms with Crippen LogP contribution in [0.15, 0.2) is 18.2 Å². The number of nitrogens with two attached hydrogens (primary N) is 1. The summed E-state index contributed by atoms with van der Waals surface area (Å²) in [5, 5.41) is 2.37. The fourth-order valence-electron chi connectivity index (χ4n) is 1.16. The van der Waals surface area contributed by atoms with Gasteiger partial charge in [0.2, 0.25) is 0 Å². The van der Waals surface area contributed by atoms with Gasteiger partial charge in [0, 0.05) is 6.54 Å². The van der Waals surface area contributed by atoms with Crippen LogP contribution in [-0.4, -0.2) is 36.8 Å². The minimum absolute atomic E-state index is 0.0448. The summed E-state index contributed by atoms with van der Waals surface area (Å²) in [6.07, 6.45) is -4.37. The topological polar surface area (TPSA) is 89.3 Å². The summed E-state index contributed by atoms with van der Waals surface area (Å²) in [5.41, 5.74) is 2.38. The smallest absolute Gasteiger partial charge is 0.370 e. The summed E-state index contributed by atoms with van der Waals surface area (Å²) in [6.45, 7) is -1.62. The minimum atomic E-state index is -4.37. The van der Waals surface area contributed by atoms with Crippen LogP contribution >= 0.6 is 0 Å². The Labute approximate surface area is 107 Å². The van der Waals surface area contributed by atoms with Gasteiger partial charge >= 0.3 is 6.18 Å². The maximum absolute atomic E-state index is 11.7. The third-order valence-corrected chi connectivity index (χ3v) is 1.93. The molecule has 19 heavy (non-hydrogen) atoms. The predicted octanol–water partition coefficient (Wildman–Crippen LogP) is 0.676. The normalized spacial score (nSPS) is 11.2. The van der Waals surface area contributed by atoms with Crippen LogP contribution in [-0.2, 0) is 4.74 Å². The molecule has 0 aliphatic carbocycles. The van der Waals surface area contributed by atoms with E-state index in [1.807, 2.05) is 0 Å². The Morgan fingerprint density at radius 3 is 2.79 bits per heavy atom. The number of carbonyl (C=O) groups excluding carboxylic acids is 1. The number of nitrogens with one attached hydrogen (secondary N) is 2. The van der Waals surface area contributed by atoms with E-state index < -0.39 is 18.7 Å². The van der Waals surface area contributed by atoms with Crippen molar-refractivity contribution in [3.05, 3.63) is 23.9 Å². The number of nitrogen functional groups attached to an aromatic ring is 1. The van der Waals surface area contributed by atoms with Gasteiger partial charge in [0.1, 0.15) is 18.1 Å².